The van der Waals surface area contributed by atoms with Crippen LogP contribution in [-0.2, 0) is 0 Å². The van der Waals surface area contributed by atoms with Crippen molar-refractivity contribution in [1.29, 1.82) is 5.26 Å². The van der Waals surface area contributed by atoms with E-state index in [-0.39, 0.29) is 0 Å². The summed E-state index contributed by atoms with van der Waals surface area (Å²) in [6, 6.07) is 11.7. The van der Waals surface area contributed by atoms with Crippen molar-refractivity contribution in [3.8, 4) is 23.1 Å². The SMILES string of the molecule is COc1ncccc1-c1ccc(C)cc1C#N. The fourth-order valence-electron chi connectivity index (χ4n) is 1.74. The molecule has 0 unspecified atom stereocenters. The molecule has 2 rings (SSSR count). The van der Waals surface area contributed by atoms with Gasteiger partial charge in [-0.15, -0.1) is 0 Å². The van der Waals surface area contributed by atoms with Crippen LogP contribution in [0, 0.1) is 18.3 Å². The molecule has 0 aliphatic carbocycles. The molecular weight excluding hydrogens is 212 g/mol. The van der Waals surface area contributed by atoms with E-state index in [1.54, 1.807) is 13.3 Å². The van der Waals surface area contributed by atoms with Gasteiger partial charge in [0.15, 0.2) is 0 Å². The number of aryl methyl sites for hydroxylation is 1. The van der Waals surface area contributed by atoms with Gasteiger partial charge in [0.1, 0.15) is 0 Å². The second-order valence-corrected chi connectivity index (χ2v) is 3.72. The second kappa shape index (κ2) is 4.67. The molecule has 1 heterocycles. The summed E-state index contributed by atoms with van der Waals surface area (Å²) in [6.45, 7) is 1.96. The third-order valence-corrected chi connectivity index (χ3v) is 2.55. The Balaban J connectivity index is 2.65. The van der Waals surface area contributed by atoms with Crippen molar-refractivity contribution < 1.29 is 4.74 Å². The van der Waals surface area contributed by atoms with E-state index in [4.69, 9.17) is 10.00 Å². The highest BCUT2D eigenvalue weighted by atomic mass is 16.5. The molecule has 0 amide bonds. The van der Waals surface area contributed by atoms with E-state index in [0.29, 0.717) is 11.4 Å². The van der Waals surface area contributed by atoms with E-state index in [9.17, 15) is 0 Å². The van der Waals surface area contributed by atoms with Crippen molar-refractivity contribution in [2.75, 3.05) is 7.11 Å². The number of aromatic nitrogens is 1. The first-order chi connectivity index (χ1) is 8.26. The molecule has 0 aliphatic rings. The lowest BCUT2D eigenvalue weighted by molar-refractivity contribution is 0.399. The zero-order chi connectivity index (χ0) is 12.3. The maximum atomic E-state index is 9.16. The Hall–Kier alpha value is -2.34. The minimum atomic E-state index is 0.535. The zero-order valence-electron chi connectivity index (χ0n) is 9.77. The minimum absolute atomic E-state index is 0.535. The Kier molecular flexibility index (Phi) is 3.06. The van der Waals surface area contributed by atoms with E-state index in [1.165, 1.54) is 0 Å². The summed E-state index contributed by atoms with van der Waals surface area (Å²) >= 11 is 0. The van der Waals surface area contributed by atoms with Gasteiger partial charge in [-0.1, -0.05) is 12.1 Å². The third kappa shape index (κ3) is 2.11. The quantitative estimate of drug-likeness (QED) is 0.787. The van der Waals surface area contributed by atoms with Crippen LogP contribution < -0.4 is 4.74 Å². The number of hydrogen-bond acceptors (Lipinski definition) is 3. The molecule has 0 N–H and O–H groups in total. The van der Waals surface area contributed by atoms with E-state index in [2.05, 4.69) is 11.1 Å². The molecule has 17 heavy (non-hydrogen) atoms. The van der Waals surface area contributed by atoms with Gasteiger partial charge in [-0.3, -0.25) is 0 Å². The highest BCUT2D eigenvalue weighted by Crippen LogP contribution is 2.30. The summed E-state index contributed by atoms with van der Waals surface area (Å²) < 4.78 is 5.21. The molecule has 0 atom stereocenters. The Bertz CT molecular complexity index is 585. The van der Waals surface area contributed by atoms with Crippen LogP contribution >= 0.6 is 0 Å². The highest BCUT2D eigenvalue weighted by molar-refractivity contribution is 5.74. The maximum Gasteiger partial charge on any atom is 0.221 e. The van der Waals surface area contributed by atoms with E-state index < -0.39 is 0 Å². The first kappa shape index (κ1) is 11.2. The standard InChI is InChI=1S/C14H12N2O/c1-10-5-6-12(11(8-10)9-15)13-4-3-7-16-14(13)17-2/h3-8H,1-2H3. The van der Waals surface area contributed by atoms with Crippen LogP contribution in [0.25, 0.3) is 11.1 Å². The van der Waals surface area contributed by atoms with Gasteiger partial charge in [0, 0.05) is 17.3 Å². The summed E-state index contributed by atoms with van der Waals surface area (Å²) in [5.74, 6) is 0.535. The van der Waals surface area contributed by atoms with E-state index in [0.717, 1.165) is 16.7 Å². The van der Waals surface area contributed by atoms with Crippen molar-refractivity contribution in [3.63, 3.8) is 0 Å². The largest absolute Gasteiger partial charge is 0.481 e. The van der Waals surface area contributed by atoms with E-state index >= 15 is 0 Å². The number of nitrogens with zero attached hydrogens (tertiary/aromatic N) is 2. The summed E-state index contributed by atoms with van der Waals surface area (Å²) in [7, 11) is 1.58. The van der Waals surface area contributed by atoms with Crippen molar-refractivity contribution in [3.05, 3.63) is 47.7 Å². The summed E-state index contributed by atoms with van der Waals surface area (Å²) in [4.78, 5) is 4.14. The van der Waals surface area contributed by atoms with Gasteiger partial charge in [-0.25, -0.2) is 4.98 Å². The van der Waals surface area contributed by atoms with Gasteiger partial charge in [0.2, 0.25) is 5.88 Å². The topological polar surface area (TPSA) is 45.9 Å². The lowest BCUT2D eigenvalue weighted by atomic mass is 9.99. The highest BCUT2D eigenvalue weighted by Gasteiger charge is 2.10. The molecule has 84 valence electrons. The molecule has 3 nitrogen and oxygen atoms in total. The minimum Gasteiger partial charge on any atom is -0.481 e. The van der Waals surface area contributed by atoms with Crippen molar-refractivity contribution >= 4 is 0 Å². The van der Waals surface area contributed by atoms with Crippen molar-refractivity contribution in [2.45, 2.75) is 6.92 Å². The number of ether oxygens (including phenoxy) is 1. The molecule has 0 saturated heterocycles. The molecule has 0 saturated carbocycles. The molecule has 0 radical (unpaired) electrons. The monoisotopic (exact) mass is 224 g/mol. The van der Waals surface area contributed by atoms with Crippen LogP contribution in [0.1, 0.15) is 11.1 Å². The van der Waals surface area contributed by atoms with Crippen LogP contribution in [0.15, 0.2) is 36.5 Å². The summed E-state index contributed by atoms with van der Waals surface area (Å²) in [5.41, 5.74) is 3.39. The molecule has 0 aliphatic heterocycles. The van der Waals surface area contributed by atoms with Gasteiger partial charge in [0.25, 0.3) is 0 Å². The van der Waals surface area contributed by atoms with Gasteiger partial charge >= 0.3 is 0 Å². The third-order valence-electron chi connectivity index (χ3n) is 2.55. The van der Waals surface area contributed by atoms with E-state index in [1.807, 2.05) is 37.3 Å². The molecule has 1 aromatic heterocycles. The Morgan fingerprint density at radius 3 is 2.76 bits per heavy atom. The van der Waals surface area contributed by atoms with Gasteiger partial charge in [-0.2, -0.15) is 5.26 Å². The Labute approximate surface area is 100 Å². The molecule has 0 fully saturated rings. The number of nitriles is 1. The second-order valence-electron chi connectivity index (χ2n) is 3.72. The summed E-state index contributed by atoms with van der Waals surface area (Å²) in [6.07, 6.45) is 1.67. The number of hydrogen-bond donors (Lipinski definition) is 0. The van der Waals surface area contributed by atoms with Crippen molar-refractivity contribution in [2.24, 2.45) is 0 Å². The number of rotatable bonds is 2. The molecule has 3 heteroatoms. The normalized spacial score (nSPS) is 9.71. The summed E-state index contributed by atoms with van der Waals surface area (Å²) in [5, 5.41) is 9.16. The van der Waals surface area contributed by atoms with Crippen LogP contribution in [-0.4, -0.2) is 12.1 Å². The molecule has 0 bridgehead atoms. The van der Waals surface area contributed by atoms with Crippen molar-refractivity contribution in [1.82, 2.24) is 4.98 Å². The first-order valence-corrected chi connectivity index (χ1v) is 5.26. The predicted octanol–water partition coefficient (Wildman–Crippen LogP) is 2.94. The number of benzene rings is 1. The number of methoxy groups -OCH3 is 1. The van der Waals surface area contributed by atoms with Crippen LogP contribution in [0.5, 0.6) is 5.88 Å². The van der Waals surface area contributed by atoms with Crippen LogP contribution in [0.4, 0.5) is 0 Å². The van der Waals surface area contributed by atoms with Gasteiger partial charge < -0.3 is 4.74 Å². The molecule has 1 aromatic carbocycles. The van der Waals surface area contributed by atoms with Gasteiger partial charge in [0.05, 0.1) is 18.7 Å². The lowest BCUT2D eigenvalue weighted by Gasteiger charge is -2.08. The Morgan fingerprint density at radius 1 is 1.24 bits per heavy atom. The predicted molar refractivity (Wildman–Crippen MR) is 65.7 cm³/mol. The fraction of sp³-hybridized carbons (Fsp3) is 0.143. The van der Waals surface area contributed by atoms with Crippen LogP contribution in [0.2, 0.25) is 0 Å². The van der Waals surface area contributed by atoms with Gasteiger partial charge in [-0.05, 0) is 30.7 Å². The van der Waals surface area contributed by atoms with Crippen LogP contribution in [0.3, 0.4) is 0 Å². The fourth-order valence-corrected chi connectivity index (χ4v) is 1.74. The molecule has 0 spiro atoms. The maximum absolute atomic E-state index is 9.16. The lowest BCUT2D eigenvalue weighted by Crippen LogP contribution is -1.93. The number of pyridine rings is 1. The average Bonchev–Trinajstić information content (AvgIpc) is 2.38. The first-order valence-electron chi connectivity index (χ1n) is 5.26. The molecule has 2 aromatic rings. The smallest absolute Gasteiger partial charge is 0.221 e. The zero-order valence-corrected chi connectivity index (χ0v) is 9.77. The Morgan fingerprint density at radius 2 is 2.06 bits per heavy atom. The molecular formula is C14H12N2O. The average molecular weight is 224 g/mol.